The summed E-state index contributed by atoms with van der Waals surface area (Å²) in [5, 5.41) is 5.50. The Morgan fingerprint density at radius 2 is 1.39 bits per heavy atom. The monoisotopic (exact) mass is 381 g/mol. The lowest BCUT2D eigenvalue weighted by molar-refractivity contribution is -0.152. The molecule has 146 valence electrons. The summed E-state index contributed by atoms with van der Waals surface area (Å²) in [6.07, 6.45) is 1.03. The zero-order chi connectivity index (χ0) is 19.8. The van der Waals surface area contributed by atoms with E-state index in [4.69, 9.17) is 4.74 Å². The van der Waals surface area contributed by atoms with Crippen molar-refractivity contribution in [3.63, 3.8) is 0 Å². The number of esters is 1. The number of nitrogens with one attached hydrogen (secondary N) is 2. The summed E-state index contributed by atoms with van der Waals surface area (Å²) in [5.41, 5.74) is 1.39. The van der Waals surface area contributed by atoms with Gasteiger partial charge in [-0.25, -0.2) is 4.79 Å². The zero-order valence-corrected chi connectivity index (χ0v) is 15.5. The molecule has 2 N–H and O–H groups in total. The maximum Gasteiger partial charge on any atom is 0.321 e. The van der Waals surface area contributed by atoms with Gasteiger partial charge in [-0.2, -0.15) is 0 Å². The Labute approximate surface area is 163 Å². The van der Waals surface area contributed by atoms with E-state index in [1.54, 1.807) is 17.0 Å². The summed E-state index contributed by atoms with van der Waals surface area (Å²) in [6, 6.07) is 18.0. The van der Waals surface area contributed by atoms with Gasteiger partial charge in [-0.05, 0) is 37.1 Å². The normalized spacial score (nSPS) is 14.2. The second kappa shape index (κ2) is 9.55. The van der Waals surface area contributed by atoms with Gasteiger partial charge in [-0.1, -0.05) is 36.4 Å². The van der Waals surface area contributed by atoms with Gasteiger partial charge in [-0.15, -0.1) is 0 Å². The van der Waals surface area contributed by atoms with E-state index in [-0.39, 0.29) is 24.5 Å². The number of carbonyl (C=O) groups excluding carboxylic acids is 3. The lowest BCUT2D eigenvalue weighted by Gasteiger charge is -2.30. The molecule has 1 saturated heterocycles. The number of carbonyl (C=O) groups is 3. The molecule has 2 aromatic rings. The molecule has 1 aliphatic heterocycles. The third kappa shape index (κ3) is 5.57. The van der Waals surface area contributed by atoms with Gasteiger partial charge in [-0.3, -0.25) is 9.59 Å². The smallest absolute Gasteiger partial charge is 0.321 e. The summed E-state index contributed by atoms with van der Waals surface area (Å²) in [5.74, 6) is -1.07. The van der Waals surface area contributed by atoms with E-state index in [1.807, 2.05) is 48.5 Å². The molecule has 28 heavy (non-hydrogen) atoms. The number of hydrogen-bond acceptors (Lipinski definition) is 4. The van der Waals surface area contributed by atoms with Gasteiger partial charge >= 0.3 is 12.0 Å². The number of piperidine rings is 1. The van der Waals surface area contributed by atoms with Gasteiger partial charge < -0.3 is 20.3 Å². The van der Waals surface area contributed by atoms with Gasteiger partial charge in [0.25, 0.3) is 5.91 Å². The van der Waals surface area contributed by atoms with Crippen molar-refractivity contribution in [3.8, 4) is 0 Å². The molecule has 1 aliphatic rings. The minimum absolute atomic E-state index is 0.180. The molecule has 7 heteroatoms. The Morgan fingerprint density at radius 1 is 0.857 bits per heavy atom. The molecule has 7 nitrogen and oxygen atoms in total. The standard InChI is InChI=1S/C21H23N3O4/c25-19(22-17-7-3-1-4-8-17)15-28-20(26)16-11-13-24(14-12-16)21(27)23-18-9-5-2-6-10-18/h1-10,16H,11-15H2,(H,22,25)(H,23,27). The van der Waals surface area contributed by atoms with Crippen LogP contribution < -0.4 is 10.6 Å². The van der Waals surface area contributed by atoms with Crippen LogP contribution in [-0.4, -0.2) is 42.5 Å². The predicted molar refractivity (Wildman–Crippen MR) is 106 cm³/mol. The highest BCUT2D eigenvalue weighted by Crippen LogP contribution is 2.19. The number of urea groups is 1. The van der Waals surface area contributed by atoms with Gasteiger partial charge in [0.05, 0.1) is 5.92 Å². The number of benzene rings is 2. The van der Waals surface area contributed by atoms with Crippen molar-refractivity contribution in [2.24, 2.45) is 5.92 Å². The Morgan fingerprint density at radius 3 is 1.96 bits per heavy atom. The Kier molecular flexibility index (Phi) is 6.62. The van der Waals surface area contributed by atoms with E-state index < -0.39 is 5.97 Å². The number of para-hydroxylation sites is 2. The minimum atomic E-state index is -0.397. The molecule has 0 aromatic heterocycles. The first-order valence-corrected chi connectivity index (χ1v) is 9.24. The fourth-order valence-corrected chi connectivity index (χ4v) is 3.02. The van der Waals surface area contributed by atoms with Gasteiger partial charge in [0.2, 0.25) is 0 Å². The molecule has 0 saturated carbocycles. The largest absolute Gasteiger partial charge is 0.455 e. The van der Waals surface area contributed by atoms with Crippen LogP contribution in [0.5, 0.6) is 0 Å². The number of ether oxygens (including phenoxy) is 1. The minimum Gasteiger partial charge on any atom is -0.455 e. The van der Waals surface area contributed by atoms with Gasteiger partial charge in [0, 0.05) is 24.5 Å². The zero-order valence-electron chi connectivity index (χ0n) is 15.5. The second-order valence-electron chi connectivity index (χ2n) is 6.58. The van der Waals surface area contributed by atoms with Crippen LogP contribution in [0.4, 0.5) is 16.2 Å². The van der Waals surface area contributed by atoms with Crippen LogP contribution in [0, 0.1) is 5.92 Å². The lowest BCUT2D eigenvalue weighted by Crippen LogP contribution is -2.43. The third-order valence-corrected chi connectivity index (χ3v) is 4.54. The highest BCUT2D eigenvalue weighted by atomic mass is 16.5. The topological polar surface area (TPSA) is 87.7 Å². The van der Waals surface area contributed by atoms with Crippen LogP contribution in [-0.2, 0) is 14.3 Å². The number of nitrogens with zero attached hydrogens (tertiary/aromatic N) is 1. The average molecular weight is 381 g/mol. The number of amides is 3. The SMILES string of the molecule is O=C(COC(=O)C1CCN(C(=O)Nc2ccccc2)CC1)Nc1ccccc1. The second-order valence-corrected chi connectivity index (χ2v) is 6.58. The molecule has 1 heterocycles. The molecule has 3 rings (SSSR count). The van der Waals surface area contributed by atoms with E-state index in [0.29, 0.717) is 31.6 Å². The van der Waals surface area contributed by atoms with Crippen molar-refractivity contribution in [1.82, 2.24) is 4.90 Å². The lowest BCUT2D eigenvalue weighted by atomic mass is 9.97. The van der Waals surface area contributed by atoms with E-state index in [2.05, 4.69) is 10.6 Å². The molecule has 0 unspecified atom stereocenters. The summed E-state index contributed by atoms with van der Waals surface area (Å²) in [4.78, 5) is 38.0. The number of likely N-dealkylation sites (tertiary alicyclic amines) is 1. The van der Waals surface area contributed by atoms with Crippen LogP contribution in [0.25, 0.3) is 0 Å². The Hall–Kier alpha value is -3.35. The van der Waals surface area contributed by atoms with Crippen molar-refractivity contribution in [3.05, 3.63) is 60.7 Å². The van der Waals surface area contributed by atoms with Crippen LogP contribution in [0.1, 0.15) is 12.8 Å². The quantitative estimate of drug-likeness (QED) is 0.779. The molecule has 0 radical (unpaired) electrons. The molecule has 0 atom stereocenters. The van der Waals surface area contributed by atoms with Crippen molar-refractivity contribution in [1.29, 1.82) is 0 Å². The maximum absolute atomic E-state index is 12.3. The highest BCUT2D eigenvalue weighted by molar-refractivity contribution is 5.93. The highest BCUT2D eigenvalue weighted by Gasteiger charge is 2.28. The van der Waals surface area contributed by atoms with E-state index in [9.17, 15) is 14.4 Å². The molecule has 1 fully saturated rings. The van der Waals surface area contributed by atoms with Crippen LogP contribution in [0.3, 0.4) is 0 Å². The van der Waals surface area contributed by atoms with Crippen LogP contribution >= 0.6 is 0 Å². The van der Waals surface area contributed by atoms with Crippen molar-refractivity contribution >= 4 is 29.3 Å². The number of hydrogen-bond donors (Lipinski definition) is 2. The number of rotatable bonds is 5. The first-order chi connectivity index (χ1) is 13.6. The molecule has 0 aliphatic carbocycles. The summed E-state index contributed by atoms with van der Waals surface area (Å²) in [7, 11) is 0. The molecular formula is C21H23N3O4. The summed E-state index contributed by atoms with van der Waals surface area (Å²) in [6.45, 7) is 0.617. The van der Waals surface area contributed by atoms with Crippen LogP contribution in [0.15, 0.2) is 60.7 Å². The summed E-state index contributed by atoms with van der Waals surface area (Å²) < 4.78 is 5.14. The first kappa shape index (κ1) is 19.4. The van der Waals surface area contributed by atoms with E-state index >= 15 is 0 Å². The molecule has 0 bridgehead atoms. The molecular weight excluding hydrogens is 358 g/mol. The predicted octanol–water partition coefficient (Wildman–Crippen LogP) is 3.11. The van der Waals surface area contributed by atoms with Gasteiger partial charge in [0.15, 0.2) is 6.61 Å². The summed E-state index contributed by atoms with van der Waals surface area (Å²) >= 11 is 0. The molecule has 2 aromatic carbocycles. The van der Waals surface area contributed by atoms with Crippen molar-refractivity contribution < 1.29 is 19.1 Å². The van der Waals surface area contributed by atoms with E-state index in [0.717, 1.165) is 5.69 Å². The van der Waals surface area contributed by atoms with Crippen molar-refractivity contribution in [2.75, 3.05) is 30.3 Å². The average Bonchev–Trinajstić information content (AvgIpc) is 2.73. The van der Waals surface area contributed by atoms with E-state index in [1.165, 1.54) is 0 Å². The van der Waals surface area contributed by atoms with Crippen molar-refractivity contribution in [2.45, 2.75) is 12.8 Å². The fourth-order valence-electron chi connectivity index (χ4n) is 3.02. The fraction of sp³-hybridized carbons (Fsp3) is 0.286. The molecule has 3 amide bonds. The van der Waals surface area contributed by atoms with Crippen LogP contribution in [0.2, 0.25) is 0 Å². The Bertz CT molecular complexity index is 803. The molecule has 0 spiro atoms. The number of anilines is 2. The first-order valence-electron chi connectivity index (χ1n) is 9.24. The third-order valence-electron chi connectivity index (χ3n) is 4.54. The Balaban J connectivity index is 1.38. The van der Waals surface area contributed by atoms with Gasteiger partial charge in [0.1, 0.15) is 0 Å². The maximum atomic E-state index is 12.3.